The summed E-state index contributed by atoms with van der Waals surface area (Å²) in [4.78, 5) is 39.4. The van der Waals surface area contributed by atoms with Crippen LogP contribution in [0.2, 0.25) is 0 Å². The Balaban J connectivity index is 1.83. The molecule has 1 saturated heterocycles. The molecular weight excluding hydrogens is 299 g/mol. The van der Waals surface area contributed by atoms with E-state index in [0.29, 0.717) is 5.69 Å². The predicted octanol–water partition coefficient (Wildman–Crippen LogP) is 2.31. The van der Waals surface area contributed by atoms with E-state index in [9.17, 15) is 18.8 Å². The van der Waals surface area contributed by atoms with Gasteiger partial charge in [-0.3, -0.25) is 24.2 Å². The number of hydrogen-bond acceptors (Lipinski definition) is 3. The van der Waals surface area contributed by atoms with Crippen molar-refractivity contribution >= 4 is 23.4 Å². The van der Waals surface area contributed by atoms with Crippen LogP contribution in [0.15, 0.2) is 24.3 Å². The number of imide groups is 1. The first-order valence-corrected chi connectivity index (χ1v) is 7.88. The van der Waals surface area contributed by atoms with Crippen LogP contribution in [0.25, 0.3) is 0 Å². The van der Waals surface area contributed by atoms with Crippen LogP contribution < -0.4 is 4.90 Å². The van der Waals surface area contributed by atoms with E-state index in [-0.39, 0.29) is 36.2 Å². The van der Waals surface area contributed by atoms with E-state index in [1.165, 1.54) is 41.0 Å². The van der Waals surface area contributed by atoms with Crippen LogP contribution in [-0.2, 0) is 14.4 Å². The SMILES string of the molecule is CC(=O)N(CN1C(=O)[C@H]2CCCC[C@@H]2C1=O)c1ccc(F)cc1. The van der Waals surface area contributed by atoms with E-state index >= 15 is 0 Å². The van der Waals surface area contributed by atoms with Crippen LogP contribution in [0.3, 0.4) is 0 Å². The molecule has 0 bridgehead atoms. The number of carbonyl (C=O) groups excluding carboxylic acids is 3. The zero-order chi connectivity index (χ0) is 16.6. The lowest BCUT2D eigenvalue weighted by Gasteiger charge is -2.26. The van der Waals surface area contributed by atoms with Crippen molar-refractivity contribution in [3.63, 3.8) is 0 Å². The standard InChI is InChI=1S/C17H19FN2O3/c1-11(21)19(13-8-6-12(18)7-9-13)10-20-16(22)14-4-2-3-5-15(14)17(20)23/h6-9,14-15H,2-5,10H2,1H3/t14-,15-/m0/s1. The summed E-state index contributed by atoms with van der Waals surface area (Å²) in [5, 5.41) is 0. The lowest BCUT2D eigenvalue weighted by molar-refractivity contribution is -0.140. The number of carbonyl (C=O) groups is 3. The minimum Gasteiger partial charge on any atom is -0.294 e. The van der Waals surface area contributed by atoms with Crippen molar-refractivity contribution in [2.45, 2.75) is 32.6 Å². The lowest BCUT2D eigenvalue weighted by Crippen LogP contribution is -2.44. The van der Waals surface area contributed by atoms with Crippen LogP contribution in [0.1, 0.15) is 32.6 Å². The number of rotatable bonds is 3. The largest absolute Gasteiger partial charge is 0.294 e. The van der Waals surface area contributed by atoms with Gasteiger partial charge in [-0.2, -0.15) is 0 Å². The molecule has 1 saturated carbocycles. The summed E-state index contributed by atoms with van der Waals surface area (Å²) in [7, 11) is 0. The fraction of sp³-hybridized carbons (Fsp3) is 0.471. The van der Waals surface area contributed by atoms with Gasteiger partial charge in [0.15, 0.2) is 0 Å². The third-order valence-electron chi connectivity index (χ3n) is 4.73. The van der Waals surface area contributed by atoms with E-state index < -0.39 is 5.82 Å². The van der Waals surface area contributed by atoms with E-state index in [1.807, 2.05) is 0 Å². The second kappa shape index (κ2) is 6.10. The minimum absolute atomic E-state index is 0.106. The molecule has 0 spiro atoms. The number of hydrogen-bond donors (Lipinski definition) is 0. The molecule has 122 valence electrons. The second-order valence-corrected chi connectivity index (χ2v) is 6.17. The Morgan fingerprint density at radius 2 is 1.65 bits per heavy atom. The molecule has 0 radical (unpaired) electrons. The minimum atomic E-state index is -0.406. The normalized spacial score (nSPS) is 23.8. The molecule has 2 atom stereocenters. The van der Waals surface area contributed by atoms with Crippen molar-refractivity contribution < 1.29 is 18.8 Å². The number of fused-ring (bicyclic) bond motifs is 1. The zero-order valence-electron chi connectivity index (χ0n) is 13.0. The summed E-state index contributed by atoms with van der Waals surface area (Å²) in [6, 6.07) is 5.43. The monoisotopic (exact) mass is 318 g/mol. The van der Waals surface area contributed by atoms with Gasteiger partial charge in [0.05, 0.1) is 11.8 Å². The van der Waals surface area contributed by atoms with Gasteiger partial charge in [-0.1, -0.05) is 12.8 Å². The van der Waals surface area contributed by atoms with Gasteiger partial charge in [0, 0.05) is 12.6 Å². The molecule has 2 aliphatic rings. The number of anilines is 1. The summed E-state index contributed by atoms with van der Waals surface area (Å²) >= 11 is 0. The van der Waals surface area contributed by atoms with Crippen molar-refractivity contribution in [1.29, 1.82) is 0 Å². The Bertz CT molecular complexity index is 620. The molecule has 1 heterocycles. The maximum absolute atomic E-state index is 13.1. The summed E-state index contributed by atoms with van der Waals surface area (Å²) in [6.45, 7) is 1.26. The molecule has 3 amide bonds. The molecule has 2 fully saturated rings. The number of benzene rings is 1. The van der Waals surface area contributed by atoms with Crippen LogP contribution in [0.5, 0.6) is 0 Å². The molecule has 1 aliphatic heterocycles. The van der Waals surface area contributed by atoms with Gasteiger partial charge in [-0.15, -0.1) is 0 Å². The molecular formula is C17H19FN2O3. The van der Waals surface area contributed by atoms with Crippen molar-refractivity contribution in [3.05, 3.63) is 30.1 Å². The predicted molar refractivity (Wildman–Crippen MR) is 81.7 cm³/mol. The third-order valence-corrected chi connectivity index (χ3v) is 4.73. The fourth-order valence-corrected chi connectivity index (χ4v) is 3.50. The van der Waals surface area contributed by atoms with Gasteiger partial charge in [0.1, 0.15) is 12.5 Å². The van der Waals surface area contributed by atoms with Crippen molar-refractivity contribution in [3.8, 4) is 0 Å². The van der Waals surface area contributed by atoms with Gasteiger partial charge >= 0.3 is 0 Å². The first-order valence-electron chi connectivity index (χ1n) is 7.88. The smallest absolute Gasteiger partial charge is 0.234 e. The van der Waals surface area contributed by atoms with Crippen LogP contribution in [0.4, 0.5) is 10.1 Å². The van der Waals surface area contributed by atoms with Crippen LogP contribution in [0, 0.1) is 17.7 Å². The Kier molecular flexibility index (Phi) is 4.15. The molecule has 0 N–H and O–H groups in total. The number of likely N-dealkylation sites (tertiary alicyclic amines) is 1. The average Bonchev–Trinajstić information content (AvgIpc) is 2.78. The van der Waals surface area contributed by atoms with Crippen LogP contribution in [-0.4, -0.2) is 29.3 Å². The summed E-state index contributed by atoms with van der Waals surface area (Å²) in [5.41, 5.74) is 0.467. The Labute approximate surface area is 134 Å². The Morgan fingerprint density at radius 3 is 2.13 bits per heavy atom. The first-order chi connectivity index (χ1) is 11.0. The molecule has 1 aromatic rings. The highest BCUT2D eigenvalue weighted by Gasteiger charge is 2.48. The summed E-state index contributed by atoms with van der Waals surface area (Å²) in [6.07, 6.45) is 3.40. The van der Waals surface area contributed by atoms with E-state index in [4.69, 9.17) is 0 Å². The molecule has 3 rings (SSSR count). The highest BCUT2D eigenvalue weighted by molar-refractivity contribution is 6.06. The molecule has 23 heavy (non-hydrogen) atoms. The quantitative estimate of drug-likeness (QED) is 0.804. The van der Waals surface area contributed by atoms with Crippen LogP contribution >= 0.6 is 0 Å². The van der Waals surface area contributed by atoms with E-state index in [0.717, 1.165) is 25.7 Å². The first kappa shape index (κ1) is 15.6. The summed E-state index contributed by atoms with van der Waals surface area (Å²) in [5.74, 6) is -1.55. The maximum Gasteiger partial charge on any atom is 0.234 e. The molecule has 6 heteroatoms. The van der Waals surface area contributed by atoms with Gasteiger partial charge in [0.25, 0.3) is 0 Å². The van der Waals surface area contributed by atoms with Gasteiger partial charge in [0.2, 0.25) is 17.7 Å². The highest BCUT2D eigenvalue weighted by atomic mass is 19.1. The lowest BCUT2D eigenvalue weighted by atomic mass is 9.81. The molecule has 0 aromatic heterocycles. The Morgan fingerprint density at radius 1 is 1.13 bits per heavy atom. The molecule has 1 aromatic carbocycles. The third kappa shape index (κ3) is 2.85. The molecule has 5 nitrogen and oxygen atoms in total. The summed E-state index contributed by atoms with van der Waals surface area (Å²) < 4.78 is 13.1. The van der Waals surface area contributed by atoms with Crippen molar-refractivity contribution in [2.75, 3.05) is 11.6 Å². The topological polar surface area (TPSA) is 57.7 Å². The fourth-order valence-electron chi connectivity index (χ4n) is 3.50. The second-order valence-electron chi connectivity index (χ2n) is 6.17. The molecule has 1 aliphatic carbocycles. The van der Waals surface area contributed by atoms with Gasteiger partial charge in [-0.25, -0.2) is 4.39 Å². The van der Waals surface area contributed by atoms with Crippen molar-refractivity contribution in [1.82, 2.24) is 4.90 Å². The highest BCUT2D eigenvalue weighted by Crippen LogP contribution is 2.38. The zero-order valence-corrected chi connectivity index (χ0v) is 13.0. The maximum atomic E-state index is 13.1. The van der Waals surface area contributed by atoms with Gasteiger partial charge < -0.3 is 0 Å². The van der Waals surface area contributed by atoms with Crippen molar-refractivity contribution in [2.24, 2.45) is 11.8 Å². The van der Waals surface area contributed by atoms with Gasteiger partial charge in [-0.05, 0) is 37.1 Å². The number of amides is 3. The van der Waals surface area contributed by atoms with E-state index in [1.54, 1.807) is 0 Å². The number of halogens is 1. The molecule has 0 unspecified atom stereocenters. The Hall–Kier alpha value is -2.24. The number of nitrogens with zero attached hydrogens (tertiary/aromatic N) is 2. The average molecular weight is 318 g/mol. The van der Waals surface area contributed by atoms with E-state index in [2.05, 4.69) is 0 Å².